The van der Waals surface area contributed by atoms with E-state index >= 15 is 0 Å². The van der Waals surface area contributed by atoms with Gasteiger partial charge >= 0.3 is 0 Å². The molecule has 5 heterocycles. The molecule has 1 saturated carbocycles. The summed E-state index contributed by atoms with van der Waals surface area (Å²) in [7, 11) is 0. The Balaban J connectivity index is 1.54. The van der Waals surface area contributed by atoms with Gasteiger partial charge in [-0.1, -0.05) is 0 Å². The largest absolute Gasteiger partial charge is 0.515 e. The van der Waals surface area contributed by atoms with Gasteiger partial charge in [0.2, 0.25) is 0 Å². The minimum absolute atomic E-state index is 0.116. The smallest absolute Gasteiger partial charge is 0.169 e. The standard InChI is InChI=1S/C23H16N4O2/c28-11-12-5-16-7-14-3-4-20(25-14)18-10-22(29)19-8-17(27-23(18)19)6-13-1-2-15(24-13)9-21(12)26-16/h1-2,5-9,11,25,28H,3-4,10H2/b12-11-,14-7?,15-9?,17-6?,20-18?. The van der Waals surface area contributed by atoms with Crippen molar-refractivity contribution in [3.63, 3.8) is 0 Å². The summed E-state index contributed by atoms with van der Waals surface area (Å²) in [6.07, 6.45) is 16.4. The van der Waals surface area contributed by atoms with Crippen LogP contribution in [0.2, 0.25) is 0 Å². The molecular weight excluding hydrogens is 364 g/mol. The fourth-order valence-electron chi connectivity index (χ4n) is 4.24. The van der Waals surface area contributed by atoms with Gasteiger partial charge in [0.15, 0.2) is 5.78 Å². The van der Waals surface area contributed by atoms with Crippen LogP contribution in [-0.4, -0.2) is 28.0 Å². The first-order valence-electron chi connectivity index (χ1n) is 9.55. The molecule has 6 aliphatic rings. The van der Waals surface area contributed by atoms with Crippen molar-refractivity contribution < 1.29 is 9.90 Å². The molecule has 0 aromatic carbocycles. The van der Waals surface area contributed by atoms with Gasteiger partial charge in [0, 0.05) is 34.5 Å². The van der Waals surface area contributed by atoms with Crippen LogP contribution in [0.5, 0.6) is 0 Å². The number of nitrogens with zero attached hydrogens (tertiary/aromatic N) is 3. The highest BCUT2D eigenvalue weighted by Gasteiger charge is 2.35. The Morgan fingerprint density at radius 1 is 0.931 bits per heavy atom. The number of fused-ring (bicyclic) bond motifs is 5. The number of Topliss-reactive ketones (excluding diaryl/α,β-unsaturated/α-hetero) is 1. The normalized spacial score (nSPS) is 25.4. The average Bonchev–Trinajstić information content (AvgIpc) is 3.48. The van der Waals surface area contributed by atoms with Crippen LogP contribution in [0.15, 0.2) is 109 Å². The molecule has 0 aromatic heterocycles. The molecule has 6 nitrogen and oxygen atoms in total. The van der Waals surface area contributed by atoms with Crippen LogP contribution in [0.4, 0.5) is 0 Å². The van der Waals surface area contributed by atoms with E-state index in [1.54, 1.807) is 0 Å². The Hall–Kier alpha value is -3.80. The topological polar surface area (TPSA) is 86.4 Å². The second-order valence-electron chi connectivity index (χ2n) is 7.53. The Kier molecular flexibility index (Phi) is 3.26. The Morgan fingerprint density at radius 3 is 2.72 bits per heavy atom. The number of hydrogen-bond acceptors (Lipinski definition) is 6. The number of aliphatic hydroxyl groups excluding tert-OH is 1. The summed E-state index contributed by atoms with van der Waals surface area (Å²) in [6, 6.07) is 0. The van der Waals surface area contributed by atoms with Crippen molar-refractivity contribution in [3.05, 3.63) is 94.0 Å². The Labute approximate surface area is 166 Å². The number of ketones is 1. The molecular formula is C23H16N4O2. The summed E-state index contributed by atoms with van der Waals surface area (Å²) in [4.78, 5) is 26.5. The Bertz CT molecular complexity index is 1250. The second-order valence-corrected chi connectivity index (χ2v) is 7.53. The molecule has 140 valence electrons. The van der Waals surface area contributed by atoms with Crippen LogP contribution in [0.1, 0.15) is 19.3 Å². The number of hydrogen-bond donors (Lipinski definition) is 2. The number of aliphatic hydroxyl groups is 1. The number of carbonyl (C=O) groups is 1. The first-order valence-corrected chi connectivity index (χ1v) is 9.55. The van der Waals surface area contributed by atoms with E-state index in [-0.39, 0.29) is 5.78 Å². The predicted molar refractivity (Wildman–Crippen MR) is 112 cm³/mol. The van der Waals surface area contributed by atoms with Gasteiger partial charge in [0.05, 0.1) is 40.5 Å². The number of carbonyl (C=O) groups excluding carboxylic acids is 1. The van der Waals surface area contributed by atoms with Crippen molar-refractivity contribution in [2.45, 2.75) is 19.3 Å². The van der Waals surface area contributed by atoms with Crippen molar-refractivity contribution in [1.29, 1.82) is 0 Å². The van der Waals surface area contributed by atoms with Crippen molar-refractivity contribution in [1.82, 2.24) is 5.32 Å². The van der Waals surface area contributed by atoms with E-state index in [0.29, 0.717) is 23.3 Å². The molecule has 6 heteroatoms. The third kappa shape index (κ3) is 2.56. The minimum atomic E-state index is 0.116. The SMILES string of the molecule is O=C1CC2=C3CCC(=CC4=C/C(=C/O)C(=N4)C=C4C=CC(=N4)C=C4C=C1C2=N4)N3. The molecule has 5 aliphatic heterocycles. The van der Waals surface area contributed by atoms with E-state index in [9.17, 15) is 9.90 Å². The van der Waals surface area contributed by atoms with Gasteiger partial charge < -0.3 is 10.4 Å². The summed E-state index contributed by atoms with van der Waals surface area (Å²) in [5.74, 6) is 0.116. The molecule has 0 radical (unpaired) electrons. The van der Waals surface area contributed by atoms with Gasteiger partial charge in [-0.3, -0.25) is 4.79 Å². The van der Waals surface area contributed by atoms with Crippen molar-refractivity contribution in [2.24, 2.45) is 15.0 Å². The van der Waals surface area contributed by atoms with Crippen LogP contribution < -0.4 is 5.32 Å². The molecule has 1 aliphatic carbocycles. The molecule has 2 N–H and O–H groups in total. The molecule has 0 spiro atoms. The molecule has 1 saturated heterocycles. The van der Waals surface area contributed by atoms with E-state index in [0.717, 1.165) is 64.6 Å². The zero-order chi connectivity index (χ0) is 19.5. The maximum atomic E-state index is 12.5. The summed E-state index contributed by atoms with van der Waals surface area (Å²) in [5.41, 5.74) is 8.94. The van der Waals surface area contributed by atoms with Crippen LogP contribution in [0.3, 0.4) is 0 Å². The molecule has 6 rings (SSSR count). The van der Waals surface area contributed by atoms with Crippen LogP contribution in [0, 0.1) is 0 Å². The van der Waals surface area contributed by atoms with Gasteiger partial charge in [-0.25, -0.2) is 15.0 Å². The number of allylic oxidation sites excluding steroid dienone is 12. The average molecular weight is 380 g/mol. The summed E-state index contributed by atoms with van der Waals surface area (Å²) < 4.78 is 0. The van der Waals surface area contributed by atoms with Gasteiger partial charge in [0.1, 0.15) is 0 Å². The zero-order valence-corrected chi connectivity index (χ0v) is 15.4. The van der Waals surface area contributed by atoms with Crippen molar-refractivity contribution in [2.75, 3.05) is 0 Å². The van der Waals surface area contributed by atoms with Gasteiger partial charge in [-0.15, -0.1) is 0 Å². The highest BCUT2D eigenvalue weighted by Crippen LogP contribution is 2.36. The van der Waals surface area contributed by atoms with E-state index in [1.807, 2.05) is 42.5 Å². The highest BCUT2D eigenvalue weighted by molar-refractivity contribution is 6.37. The lowest BCUT2D eigenvalue weighted by atomic mass is 10.1. The summed E-state index contributed by atoms with van der Waals surface area (Å²) >= 11 is 0. The third-order valence-corrected chi connectivity index (χ3v) is 5.61. The monoisotopic (exact) mass is 380 g/mol. The van der Waals surface area contributed by atoms with Crippen molar-refractivity contribution >= 4 is 22.9 Å². The molecule has 0 aromatic rings. The van der Waals surface area contributed by atoms with Crippen molar-refractivity contribution in [3.8, 4) is 0 Å². The summed E-state index contributed by atoms with van der Waals surface area (Å²) in [6.45, 7) is 0. The highest BCUT2D eigenvalue weighted by atomic mass is 16.2. The van der Waals surface area contributed by atoms with E-state index < -0.39 is 0 Å². The number of aliphatic imine (C=N–C) groups is 3. The van der Waals surface area contributed by atoms with Crippen LogP contribution >= 0.6 is 0 Å². The second kappa shape index (κ2) is 5.85. The zero-order valence-electron chi connectivity index (χ0n) is 15.4. The van der Waals surface area contributed by atoms with Gasteiger partial charge in [-0.2, -0.15) is 0 Å². The lowest BCUT2D eigenvalue weighted by Crippen LogP contribution is -2.08. The van der Waals surface area contributed by atoms with E-state index in [2.05, 4.69) is 15.3 Å². The first kappa shape index (κ1) is 16.2. The molecule has 29 heavy (non-hydrogen) atoms. The summed E-state index contributed by atoms with van der Waals surface area (Å²) in [5, 5.41) is 13.1. The third-order valence-electron chi connectivity index (χ3n) is 5.61. The number of nitrogens with one attached hydrogen (secondary N) is 1. The molecule has 8 bridgehead atoms. The van der Waals surface area contributed by atoms with Gasteiger partial charge in [0.25, 0.3) is 0 Å². The molecule has 0 amide bonds. The van der Waals surface area contributed by atoms with E-state index in [4.69, 9.17) is 4.99 Å². The maximum Gasteiger partial charge on any atom is 0.169 e. The van der Waals surface area contributed by atoms with Crippen LogP contribution in [-0.2, 0) is 4.79 Å². The van der Waals surface area contributed by atoms with Crippen LogP contribution in [0.25, 0.3) is 0 Å². The Morgan fingerprint density at radius 2 is 1.83 bits per heavy atom. The fraction of sp³-hybridized carbons (Fsp3) is 0.130. The molecule has 0 unspecified atom stereocenters. The lowest BCUT2D eigenvalue weighted by molar-refractivity contribution is -0.114. The molecule has 2 fully saturated rings. The maximum absolute atomic E-state index is 12.5. The number of rotatable bonds is 0. The lowest BCUT2D eigenvalue weighted by Gasteiger charge is -2.05. The fourth-order valence-corrected chi connectivity index (χ4v) is 4.24. The first-order chi connectivity index (χ1) is 14.2. The minimum Gasteiger partial charge on any atom is -0.515 e. The predicted octanol–water partition coefficient (Wildman–Crippen LogP) is 3.43. The van der Waals surface area contributed by atoms with E-state index in [1.165, 1.54) is 0 Å². The quantitative estimate of drug-likeness (QED) is 0.631. The molecule has 0 atom stereocenters. The van der Waals surface area contributed by atoms with Gasteiger partial charge in [-0.05, 0) is 55.4 Å².